The number of sulfonamides is 1. The Balaban J connectivity index is 1.58. The van der Waals surface area contributed by atoms with Crippen LogP contribution in [0, 0.1) is 0 Å². The molecule has 0 radical (unpaired) electrons. The highest BCUT2D eigenvalue weighted by Crippen LogP contribution is 2.34. The molecule has 2 N–H and O–H groups in total. The zero-order valence-electron chi connectivity index (χ0n) is 17.7. The van der Waals surface area contributed by atoms with Crippen LogP contribution in [0.15, 0.2) is 53.4 Å². The predicted molar refractivity (Wildman–Crippen MR) is 118 cm³/mol. The first-order valence-electron chi connectivity index (χ1n) is 10.5. The number of hydrogen-bond acceptors (Lipinski definition) is 4. The molecule has 2 aromatic carbocycles. The van der Waals surface area contributed by atoms with Crippen LogP contribution >= 0.6 is 0 Å². The second kappa shape index (κ2) is 8.43. The molecule has 1 saturated carbocycles. The van der Waals surface area contributed by atoms with Gasteiger partial charge in [-0.25, -0.2) is 8.42 Å². The minimum atomic E-state index is -3.93. The lowest BCUT2D eigenvalue weighted by Crippen LogP contribution is -2.48. The summed E-state index contributed by atoms with van der Waals surface area (Å²) in [7, 11) is -3.93. The van der Waals surface area contributed by atoms with Gasteiger partial charge in [-0.3, -0.25) is 9.59 Å². The topological polar surface area (TPSA) is 95.6 Å². The average molecular weight is 442 g/mol. The zero-order valence-corrected chi connectivity index (χ0v) is 18.5. The number of rotatable bonds is 7. The van der Waals surface area contributed by atoms with Gasteiger partial charge in [0.15, 0.2) is 0 Å². The van der Waals surface area contributed by atoms with Gasteiger partial charge in [0.2, 0.25) is 21.8 Å². The maximum atomic E-state index is 13.2. The Bertz CT molecular complexity index is 1100. The van der Waals surface area contributed by atoms with Gasteiger partial charge in [0, 0.05) is 24.7 Å². The van der Waals surface area contributed by atoms with Gasteiger partial charge in [-0.15, -0.1) is 0 Å². The number of hydrogen-bond donors (Lipinski definition) is 2. The molecule has 0 spiro atoms. The van der Waals surface area contributed by atoms with Gasteiger partial charge < -0.3 is 10.2 Å². The van der Waals surface area contributed by atoms with Crippen molar-refractivity contribution in [2.24, 2.45) is 0 Å². The van der Waals surface area contributed by atoms with Crippen LogP contribution in [0.25, 0.3) is 0 Å². The van der Waals surface area contributed by atoms with Crippen molar-refractivity contribution in [3.05, 3.63) is 59.7 Å². The van der Waals surface area contributed by atoms with E-state index in [1.807, 2.05) is 37.3 Å². The van der Waals surface area contributed by atoms with Gasteiger partial charge in [-0.2, -0.15) is 4.72 Å². The summed E-state index contributed by atoms with van der Waals surface area (Å²) in [5.74, 6) is -0.382. The Morgan fingerprint density at radius 1 is 1.13 bits per heavy atom. The van der Waals surface area contributed by atoms with Gasteiger partial charge in [0.25, 0.3) is 0 Å². The van der Waals surface area contributed by atoms with Crippen LogP contribution in [0.2, 0.25) is 0 Å². The van der Waals surface area contributed by atoms with Crippen LogP contribution < -0.4 is 14.9 Å². The zero-order chi connectivity index (χ0) is 22.2. The average Bonchev–Trinajstić information content (AvgIpc) is 3.46. The first-order chi connectivity index (χ1) is 14.7. The van der Waals surface area contributed by atoms with Gasteiger partial charge in [-0.1, -0.05) is 30.3 Å². The summed E-state index contributed by atoms with van der Waals surface area (Å²) in [6.45, 7) is 3.44. The Morgan fingerprint density at radius 3 is 2.48 bits per heavy atom. The van der Waals surface area contributed by atoms with Crippen molar-refractivity contribution < 1.29 is 18.0 Å². The molecule has 0 saturated heterocycles. The predicted octanol–water partition coefficient (Wildman–Crippen LogP) is 2.15. The molecule has 164 valence electrons. The van der Waals surface area contributed by atoms with E-state index in [0.717, 1.165) is 29.7 Å². The maximum absolute atomic E-state index is 13.2. The van der Waals surface area contributed by atoms with Crippen LogP contribution in [0.5, 0.6) is 0 Å². The lowest BCUT2D eigenvalue weighted by atomic mass is 10.1. The van der Waals surface area contributed by atoms with E-state index in [9.17, 15) is 18.0 Å². The highest BCUT2D eigenvalue weighted by molar-refractivity contribution is 7.89. The first-order valence-corrected chi connectivity index (χ1v) is 12.0. The fraction of sp³-hybridized carbons (Fsp3) is 0.391. The molecule has 0 aromatic heterocycles. The normalized spacial score (nSPS) is 19.0. The fourth-order valence-electron chi connectivity index (χ4n) is 4.08. The number of amides is 2. The van der Waals surface area contributed by atoms with Gasteiger partial charge in [0.1, 0.15) is 6.04 Å². The van der Waals surface area contributed by atoms with Crippen LogP contribution in [-0.2, 0) is 32.5 Å². The molecule has 2 aromatic rings. The van der Waals surface area contributed by atoms with Gasteiger partial charge in [0.05, 0.1) is 4.90 Å². The Morgan fingerprint density at radius 2 is 1.84 bits per heavy atom. The molecule has 1 fully saturated rings. The van der Waals surface area contributed by atoms with Crippen molar-refractivity contribution in [2.75, 3.05) is 4.90 Å². The van der Waals surface area contributed by atoms with E-state index in [4.69, 9.17) is 0 Å². The van der Waals surface area contributed by atoms with E-state index in [0.29, 0.717) is 6.42 Å². The smallest absolute Gasteiger partial charge is 0.241 e. The third kappa shape index (κ3) is 4.80. The summed E-state index contributed by atoms with van der Waals surface area (Å²) in [6.07, 6.45) is 2.70. The van der Waals surface area contributed by atoms with E-state index in [1.54, 1.807) is 17.0 Å². The van der Waals surface area contributed by atoms with Crippen molar-refractivity contribution in [3.63, 3.8) is 0 Å². The molecule has 8 heteroatoms. The van der Waals surface area contributed by atoms with E-state index < -0.39 is 16.1 Å². The third-order valence-corrected chi connectivity index (χ3v) is 7.21. The number of nitrogens with one attached hydrogen (secondary N) is 2. The second-order valence-corrected chi connectivity index (χ2v) is 10.1. The fourth-order valence-corrected chi connectivity index (χ4v) is 5.32. The Hall–Kier alpha value is -2.71. The lowest BCUT2D eigenvalue weighted by Gasteiger charge is -2.21. The van der Waals surface area contributed by atoms with E-state index in [-0.39, 0.29) is 35.2 Å². The minimum Gasteiger partial charge on any atom is -0.352 e. The molecule has 7 nitrogen and oxygen atoms in total. The SMILES string of the molecule is CC(=O)N1c2ccc(S(=O)(=O)NC(Cc3ccccc3)C(=O)NC3CC3)cc2CC1C. The lowest BCUT2D eigenvalue weighted by molar-refractivity contribution is -0.122. The number of fused-ring (bicyclic) bond motifs is 1. The molecular formula is C23H27N3O4S. The Kier molecular flexibility index (Phi) is 5.85. The number of carbonyl (C=O) groups excluding carboxylic acids is 2. The van der Waals surface area contributed by atoms with Crippen molar-refractivity contribution in [1.82, 2.24) is 10.0 Å². The number of carbonyl (C=O) groups is 2. The highest BCUT2D eigenvalue weighted by Gasteiger charge is 2.33. The second-order valence-electron chi connectivity index (χ2n) is 8.38. The molecule has 2 unspecified atom stereocenters. The van der Waals surface area contributed by atoms with Crippen LogP contribution in [0.3, 0.4) is 0 Å². The summed E-state index contributed by atoms with van der Waals surface area (Å²) >= 11 is 0. The summed E-state index contributed by atoms with van der Waals surface area (Å²) in [5, 5.41) is 2.90. The van der Waals surface area contributed by atoms with Crippen molar-refractivity contribution >= 4 is 27.5 Å². The van der Waals surface area contributed by atoms with E-state index >= 15 is 0 Å². The van der Waals surface area contributed by atoms with E-state index in [2.05, 4.69) is 10.0 Å². The molecule has 1 aliphatic heterocycles. The third-order valence-electron chi connectivity index (χ3n) is 5.74. The maximum Gasteiger partial charge on any atom is 0.241 e. The highest BCUT2D eigenvalue weighted by atomic mass is 32.2. The minimum absolute atomic E-state index is 0.0199. The van der Waals surface area contributed by atoms with E-state index in [1.165, 1.54) is 13.0 Å². The van der Waals surface area contributed by atoms with Crippen molar-refractivity contribution in [3.8, 4) is 0 Å². The molecule has 2 amide bonds. The van der Waals surface area contributed by atoms with Crippen molar-refractivity contribution in [2.45, 2.75) is 62.6 Å². The number of benzene rings is 2. The summed E-state index contributed by atoms with van der Waals surface area (Å²) in [5.41, 5.74) is 2.43. The molecule has 2 aliphatic rings. The van der Waals surface area contributed by atoms with Crippen LogP contribution in [-0.4, -0.2) is 38.4 Å². The van der Waals surface area contributed by atoms with Crippen LogP contribution in [0.4, 0.5) is 5.69 Å². The summed E-state index contributed by atoms with van der Waals surface area (Å²) in [4.78, 5) is 26.5. The Labute approximate surface area is 182 Å². The molecule has 1 aliphatic carbocycles. The van der Waals surface area contributed by atoms with Gasteiger partial charge >= 0.3 is 0 Å². The largest absolute Gasteiger partial charge is 0.352 e. The summed E-state index contributed by atoms with van der Waals surface area (Å²) in [6, 6.07) is 13.3. The standard InChI is InChI=1S/C23H27N3O4S/c1-15-12-18-14-20(10-11-22(18)26(15)16(2)27)31(29,30)25-21(23(28)24-19-8-9-19)13-17-6-4-3-5-7-17/h3-7,10-11,14-15,19,21,25H,8-9,12-13H2,1-2H3,(H,24,28). The molecule has 4 rings (SSSR count). The monoisotopic (exact) mass is 441 g/mol. The first kappa shape index (κ1) is 21.5. The summed E-state index contributed by atoms with van der Waals surface area (Å²) < 4.78 is 28.9. The molecule has 1 heterocycles. The molecule has 31 heavy (non-hydrogen) atoms. The number of anilines is 1. The van der Waals surface area contributed by atoms with Crippen LogP contribution in [0.1, 0.15) is 37.8 Å². The quantitative estimate of drug-likeness (QED) is 0.688. The molecule has 0 bridgehead atoms. The molecular weight excluding hydrogens is 414 g/mol. The van der Waals surface area contributed by atoms with Crippen molar-refractivity contribution in [1.29, 1.82) is 0 Å². The number of nitrogens with zero attached hydrogens (tertiary/aromatic N) is 1. The molecule has 2 atom stereocenters. The van der Waals surface area contributed by atoms with Gasteiger partial charge in [-0.05, 0) is 61.9 Å².